The highest BCUT2D eigenvalue weighted by Gasteiger charge is 2.28. The van der Waals surface area contributed by atoms with Crippen LogP contribution in [0.5, 0.6) is 0 Å². The first-order chi connectivity index (χ1) is 30.9. The average Bonchev–Trinajstić information content (AvgIpc) is 4.00. The highest BCUT2D eigenvalue weighted by Crippen LogP contribution is 2.32. The lowest BCUT2D eigenvalue weighted by molar-refractivity contribution is 0.0408. The summed E-state index contributed by atoms with van der Waals surface area (Å²) in [5.41, 5.74) is 4.66. The Morgan fingerprint density at radius 1 is 0.788 bits per heavy atom. The second kappa shape index (κ2) is 18.5. The van der Waals surface area contributed by atoms with Gasteiger partial charge in [0.15, 0.2) is 11.3 Å². The van der Waals surface area contributed by atoms with Gasteiger partial charge in [0.1, 0.15) is 40.5 Å². The molecule has 0 aliphatic heterocycles. The average molecular weight is 956 g/mol. The van der Waals surface area contributed by atoms with E-state index in [9.17, 15) is 19.8 Å². The molecule has 8 aromatic rings. The van der Waals surface area contributed by atoms with E-state index in [2.05, 4.69) is 60.4 Å². The predicted octanol–water partition coefficient (Wildman–Crippen LogP) is 7.89. The molecule has 0 aliphatic rings. The van der Waals surface area contributed by atoms with E-state index in [0.717, 1.165) is 27.8 Å². The molecule has 66 heavy (non-hydrogen) atoms. The van der Waals surface area contributed by atoms with E-state index in [0.29, 0.717) is 72.9 Å². The molecular formula is C46H56Cl2N12O5Si. The van der Waals surface area contributed by atoms with Gasteiger partial charge in [-0.25, -0.2) is 19.9 Å². The second-order valence-corrected chi connectivity index (χ2v) is 25.4. The minimum absolute atomic E-state index is 0.258. The van der Waals surface area contributed by atoms with Gasteiger partial charge < -0.3 is 35.1 Å². The van der Waals surface area contributed by atoms with E-state index in [-0.39, 0.29) is 18.5 Å². The fraction of sp³-hybridized carbons (Fsp3) is 0.391. The van der Waals surface area contributed by atoms with Crippen molar-refractivity contribution < 1.29 is 24.5 Å². The minimum atomic E-state index is -1.23. The summed E-state index contributed by atoms with van der Waals surface area (Å²) in [6.07, 6.45) is 6.57. The van der Waals surface area contributed by atoms with E-state index >= 15 is 0 Å². The van der Waals surface area contributed by atoms with Crippen LogP contribution in [-0.2, 0) is 25.6 Å². The Labute approximate surface area is 392 Å². The number of benzene rings is 2. The minimum Gasteiger partial charge on any atom is -0.388 e. The van der Waals surface area contributed by atoms with Gasteiger partial charge in [-0.15, -0.1) is 0 Å². The summed E-state index contributed by atoms with van der Waals surface area (Å²) >= 11 is 12.3. The first-order valence-electron chi connectivity index (χ1n) is 21.5. The highest BCUT2D eigenvalue weighted by atomic mass is 35.5. The number of H-pyrrole nitrogens is 1. The number of amides is 2. The van der Waals surface area contributed by atoms with Crippen LogP contribution in [0.15, 0.2) is 61.2 Å². The number of aryl methyl sites for hydroxylation is 2. The first kappa shape index (κ1) is 48.2. The van der Waals surface area contributed by atoms with Gasteiger partial charge in [-0.2, -0.15) is 10.2 Å². The number of hydrogen-bond donors (Lipinski definition) is 5. The van der Waals surface area contributed by atoms with Gasteiger partial charge in [0.2, 0.25) is 0 Å². The molecule has 20 heteroatoms. The number of carbonyl (C=O) groups excluding carboxylic acids is 2. The molecule has 6 heterocycles. The Morgan fingerprint density at radius 2 is 1.29 bits per heavy atom. The lowest BCUT2D eigenvalue weighted by Gasteiger charge is -2.26. The molecule has 0 bridgehead atoms. The maximum absolute atomic E-state index is 13.3. The van der Waals surface area contributed by atoms with E-state index in [1.54, 1.807) is 86.3 Å². The van der Waals surface area contributed by atoms with Gasteiger partial charge in [0, 0.05) is 62.0 Å². The SMILES string of the molecule is C[C@@H](NC(=O)c1c[nH]c2ncc(-c3nn(C)c4cc(Cl)ccc34)nc12)C(C)(C)O.C[C@@H](NC(=O)c1cn(COCC[Si](C)(C)C)c2ncc(-c3nn(C)c4cc(Cl)ccc34)nc12)C(C)(C)O. The van der Waals surface area contributed by atoms with Crippen LogP contribution in [0.4, 0.5) is 0 Å². The predicted molar refractivity (Wildman–Crippen MR) is 261 cm³/mol. The number of hydrogen-bond acceptors (Lipinski definition) is 11. The zero-order chi connectivity index (χ0) is 48.0. The summed E-state index contributed by atoms with van der Waals surface area (Å²) < 4.78 is 11.2. The summed E-state index contributed by atoms with van der Waals surface area (Å²) in [4.78, 5) is 47.6. The third kappa shape index (κ3) is 10.4. The van der Waals surface area contributed by atoms with Crippen LogP contribution >= 0.6 is 23.2 Å². The van der Waals surface area contributed by atoms with Gasteiger partial charge >= 0.3 is 0 Å². The van der Waals surface area contributed by atoms with Crippen LogP contribution in [0.25, 0.3) is 66.9 Å². The molecule has 348 valence electrons. The Balaban J connectivity index is 0.000000202. The molecule has 0 spiro atoms. The molecule has 0 saturated heterocycles. The van der Waals surface area contributed by atoms with Crippen molar-refractivity contribution in [3.8, 4) is 22.8 Å². The summed E-state index contributed by atoms with van der Waals surface area (Å²) in [7, 11) is 2.45. The molecule has 2 amide bonds. The van der Waals surface area contributed by atoms with Crippen LogP contribution in [0.1, 0.15) is 62.3 Å². The Morgan fingerprint density at radius 3 is 1.80 bits per heavy atom. The third-order valence-electron chi connectivity index (χ3n) is 11.6. The topological polar surface area (TPSA) is 216 Å². The van der Waals surface area contributed by atoms with Gasteiger partial charge in [0.25, 0.3) is 11.8 Å². The molecule has 0 unspecified atom stereocenters. The molecule has 0 aliphatic carbocycles. The zero-order valence-corrected chi connectivity index (χ0v) is 41.5. The molecule has 5 N–H and O–H groups in total. The smallest absolute Gasteiger partial charge is 0.255 e. The monoisotopic (exact) mass is 954 g/mol. The molecule has 6 aromatic heterocycles. The fourth-order valence-corrected chi connectivity index (χ4v) is 7.98. The molecule has 2 atom stereocenters. The number of aliphatic hydroxyl groups is 2. The number of ether oxygens (including phenoxy) is 1. The third-order valence-corrected chi connectivity index (χ3v) is 13.8. The largest absolute Gasteiger partial charge is 0.388 e. The van der Waals surface area contributed by atoms with Crippen LogP contribution < -0.4 is 10.6 Å². The van der Waals surface area contributed by atoms with Crippen molar-refractivity contribution in [1.29, 1.82) is 0 Å². The normalized spacial score (nSPS) is 13.3. The van der Waals surface area contributed by atoms with Crippen molar-refractivity contribution in [2.24, 2.45) is 14.1 Å². The van der Waals surface area contributed by atoms with Crippen molar-refractivity contribution in [2.75, 3.05) is 6.61 Å². The number of fused-ring (bicyclic) bond motifs is 4. The number of halogens is 2. The molecule has 0 saturated carbocycles. The van der Waals surface area contributed by atoms with Crippen molar-refractivity contribution >= 4 is 87.2 Å². The number of nitrogens with one attached hydrogen (secondary N) is 3. The van der Waals surface area contributed by atoms with E-state index in [1.807, 2.05) is 44.4 Å². The number of aromatic nitrogens is 10. The number of aromatic amines is 1. The van der Waals surface area contributed by atoms with Crippen LogP contribution in [0, 0.1) is 0 Å². The summed E-state index contributed by atoms with van der Waals surface area (Å²) in [6, 6.07) is 11.2. The lowest BCUT2D eigenvalue weighted by Crippen LogP contribution is -2.47. The van der Waals surface area contributed by atoms with Crippen LogP contribution in [-0.4, -0.2) is 109 Å². The molecule has 2 aromatic carbocycles. The first-order valence-corrected chi connectivity index (χ1v) is 26.0. The Kier molecular flexibility index (Phi) is 13.5. The van der Waals surface area contributed by atoms with Gasteiger partial charge in [-0.3, -0.25) is 19.0 Å². The second-order valence-electron chi connectivity index (χ2n) is 18.9. The van der Waals surface area contributed by atoms with E-state index < -0.39 is 31.4 Å². The lowest BCUT2D eigenvalue weighted by atomic mass is 10.0. The molecule has 8 rings (SSSR count). The highest BCUT2D eigenvalue weighted by molar-refractivity contribution is 6.76. The van der Waals surface area contributed by atoms with Crippen LogP contribution in [0.3, 0.4) is 0 Å². The Hall–Kier alpha value is -5.76. The summed E-state index contributed by atoms with van der Waals surface area (Å²) in [5.74, 6) is -0.681. The van der Waals surface area contributed by atoms with E-state index in [4.69, 9.17) is 32.9 Å². The standard InChI is InChI=1S/C26H35ClN6O3Si.C20H21ClN6O2/c1-16(26(2,3)35)29-25(34)19-14-33(15-36-10-11-37(5,6)7)24-23(19)30-20(13-28-24)22-18-9-8-17(27)12-21(18)32(4)31-22;1-10(20(2,3)29)24-19(28)13-8-22-18-17(13)25-14(9-23-18)16-12-6-5-11(21)7-15(12)27(4)26-16/h8-9,12-14,16,35H,10-11,15H2,1-7H3,(H,29,34);5-10,29H,1-4H3,(H,22,23)(H,24,28)/t16-;10-/m11/s1. The maximum Gasteiger partial charge on any atom is 0.255 e. The molecular weight excluding hydrogens is 900 g/mol. The summed E-state index contributed by atoms with van der Waals surface area (Å²) in [5, 5.41) is 38.3. The number of rotatable bonds is 13. The van der Waals surface area contributed by atoms with Gasteiger partial charge in [-0.1, -0.05) is 42.8 Å². The molecule has 17 nitrogen and oxygen atoms in total. The van der Waals surface area contributed by atoms with Crippen molar-refractivity contribution in [1.82, 2.24) is 59.7 Å². The maximum atomic E-state index is 13.3. The van der Waals surface area contributed by atoms with Crippen LogP contribution in [0.2, 0.25) is 35.7 Å². The van der Waals surface area contributed by atoms with Crippen molar-refractivity contribution in [3.63, 3.8) is 0 Å². The summed E-state index contributed by atoms with van der Waals surface area (Å²) in [6.45, 7) is 17.9. The Bertz CT molecular complexity index is 3100. The van der Waals surface area contributed by atoms with Gasteiger partial charge in [-0.05, 0) is 84.0 Å². The number of nitrogens with zero attached hydrogens (tertiary/aromatic N) is 9. The fourth-order valence-electron chi connectivity index (χ4n) is 6.89. The molecule has 0 fully saturated rings. The van der Waals surface area contributed by atoms with Crippen molar-refractivity contribution in [2.45, 2.75) is 97.2 Å². The van der Waals surface area contributed by atoms with Crippen molar-refractivity contribution in [3.05, 3.63) is 82.4 Å². The molecule has 0 radical (unpaired) electrons. The van der Waals surface area contributed by atoms with E-state index in [1.165, 1.54) is 0 Å². The van der Waals surface area contributed by atoms with Gasteiger partial charge in [0.05, 0.1) is 57.8 Å². The zero-order valence-electron chi connectivity index (χ0n) is 38.9. The quantitative estimate of drug-likeness (QED) is 0.0553. The number of carbonyl (C=O) groups is 2.